The standard InChI is InChI=1S/C15H8Br2N2O2/c16-9-5-10-11(15(20)21)7-13(8-1-3-18-4-2-8)19-14(10)12(17)6-9/h1-7H,(H,20,21). The number of benzene rings is 1. The fourth-order valence-electron chi connectivity index (χ4n) is 2.10. The van der Waals surface area contributed by atoms with Gasteiger partial charge in [-0.05, 0) is 46.3 Å². The molecule has 0 spiro atoms. The number of rotatable bonds is 2. The van der Waals surface area contributed by atoms with E-state index in [1.807, 2.05) is 6.07 Å². The molecule has 0 saturated heterocycles. The molecule has 2 aromatic heterocycles. The van der Waals surface area contributed by atoms with Gasteiger partial charge in [-0.3, -0.25) is 4.98 Å². The Bertz CT molecular complexity index is 851. The molecule has 0 bridgehead atoms. The summed E-state index contributed by atoms with van der Waals surface area (Å²) in [7, 11) is 0. The van der Waals surface area contributed by atoms with Gasteiger partial charge >= 0.3 is 5.97 Å². The van der Waals surface area contributed by atoms with Gasteiger partial charge < -0.3 is 5.11 Å². The van der Waals surface area contributed by atoms with Crippen molar-refractivity contribution in [3.8, 4) is 11.3 Å². The van der Waals surface area contributed by atoms with Crippen LogP contribution in [0.15, 0.2) is 51.7 Å². The van der Waals surface area contributed by atoms with E-state index in [4.69, 9.17) is 0 Å². The third-order valence-corrected chi connectivity index (χ3v) is 4.10. The molecule has 0 fully saturated rings. The first kappa shape index (κ1) is 14.2. The maximum absolute atomic E-state index is 11.6. The molecule has 104 valence electrons. The minimum absolute atomic E-state index is 0.216. The second-order valence-electron chi connectivity index (χ2n) is 4.38. The van der Waals surface area contributed by atoms with Gasteiger partial charge in [0.05, 0.1) is 16.8 Å². The molecule has 1 N–H and O–H groups in total. The normalized spacial score (nSPS) is 10.8. The molecule has 0 unspecified atom stereocenters. The zero-order valence-corrected chi connectivity index (χ0v) is 13.7. The molecule has 6 heteroatoms. The maximum Gasteiger partial charge on any atom is 0.336 e. The van der Waals surface area contributed by atoms with Crippen molar-refractivity contribution in [1.82, 2.24) is 9.97 Å². The highest BCUT2D eigenvalue weighted by Crippen LogP contribution is 2.32. The lowest BCUT2D eigenvalue weighted by molar-refractivity contribution is 0.0699. The molecular formula is C15H8Br2N2O2. The minimum Gasteiger partial charge on any atom is -0.478 e. The summed E-state index contributed by atoms with van der Waals surface area (Å²) in [5.41, 5.74) is 2.26. The van der Waals surface area contributed by atoms with Crippen LogP contribution in [0.3, 0.4) is 0 Å². The van der Waals surface area contributed by atoms with Gasteiger partial charge in [-0.1, -0.05) is 15.9 Å². The monoisotopic (exact) mass is 406 g/mol. The topological polar surface area (TPSA) is 63.1 Å². The molecule has 0 radical (unpaired) electrons. The van der Waals surface area contributed by atoms with Gasteiger partial charge in [-0.25, -0.2) is 9.78 Å². The van der Waals surface area contributed by atoms with E-state index >= 15 is 0 Å². The molecule has 0 saturated carbocycles. The van der Waals surface area contributed by atoms with Crippen molar-refractivity contribution < 1.29 is 9.90 Å². The van der Waals surface area contributed by atoms with Gasteiger partial charge in [0, 0.05) is 32.3 Å². The Labute approximate surface area is 137 Å². The lowest BCUT2D eigenvalue weighted by atomic mass is 10.0. The average Bonchev–Trinajstić information content (AvgIpc) is 2.47. The van der Waals surface area contributed by atoms with Crippen molar-refractivity contribution in [2.75, 3.05) is 0 Å². The van der Waals surface area contributed by atoms with Crippen molar-refractivity contribution in [3.05, 3.63) is 57.2 Å². The summed E-state index contributed by atoms with van der Waals surface area (Å²) in [5, 5.41) is 10.1. The quantitative estimate of drug-likeness (QED) is 0.678. The number of carbonyl (C=O) groups is 1. The number of aromatic nitrogens is 2. The third-order valence-electron chi connectivity index (χ3n) is 3.04. The molecule has 3 aromatic rings. The van der Waals surface area contributed by atoms with Gasteiger partial charge in [0.2, 0.25) is 0 Å². The van der Waals surface area contributed by atoms with E-state index in [1.54, 1.807) is 36.7 Å². The minimum atomic E-state index is -0.984. The summed E-state index contributed by atoms with van der Waals surface area (Å²) >= 11 is 6.81. The predicted molar refractivity (Wildman–Crippen MR) is 87.3 cm³/mol. The average molecular weight is 408 g/mol. The van der Waals surface area contributed by atoms with Crippen LogP contribution in [-0.4, -0.2) is 21.0 Å². The first-order valence-corrected chi connectivity index (χ1v) is 7.58. The van der Waals surface area contributed by atoms with Crippen molar-refractivity contribution >= 4 is 48.7 Å². The van der Waals surface area contributed by atoms with E-state index < -0.39 is 5.97 Å². The molecule has 2 heterocycles. The van der Waals surface area contributed by atoms with Crippen LogP contribution in [0.1, 0.15) is 10.4 Å². The number of nitrogens with zero attached hydrogens (tertiary/aromatic N) is 2. The number of hydrogen-bond acceptors (Lipinski definition) is 3. The van der Waals surface area contributed by atoms with Gasteiger partial charge in [0.25, 0.3) is 0 Å². The van der Waals surface area contributed by atoms with Crippen molar-refractivity contribution in [2.45, 2.75) is 0 Å². The molecule has 4 nitrogen and oxygen atoms in total. The maximum atomic E-state index is 11.6. The van der Waals surface area contributed by atoms with Crippen LogP contribution in [0.25, 0.3) is 22.2 Å². The molecule has 3 rings (SSSR count). The van der Waals surface area contributed by atoms with Crippen LogP contribution in [0.4, 0.5) is 0 Å². The van der Waals surface area contributed by atoms with E-state index in [2.05, 4.69) is 41.8 Å². The SMILES string of the molecule is O=C(O)c1cc(-c2ccncc2)nc2c(Br)cc(Br)cc12. The van der Waals surface area contributed by atoms with Crippen LogP contribution in [0, 0.1) is 0 Å². The molecule has 21 heavy (non-hydrogen) atoms. The lowest BCUT2D eigenvalue weighted by Crippen LogP contribution is -2.01. The largest absolute Gasteiger partial charge is 0.478 e. The Morgan fingerprint density at radius 3 is 2.48 bits per heavy atom. The summed E-state index contributed by atoms with van der Waals surface area (Å²) in [4.78, 5) is 20.1. The van der Waals surface area contributed by atoms with Crippen molar-refractivity contribution in [2.24, 2.45) is 0 Å². The highest BCUT2D eigenvalue weighted by Gasteiger charge is 2.15. The van der Waals surface area contributed by atoms with Crippen LogP contribution < -0.4 is 0 Å². The Morgan fingerprint density at radius 2 is 1.81 bits per heavy atom. The van der Waals surface area contributed by atoms with Gasteiger partial charge in [-0.2, -0.15) is 0 Å². The molecule has 1 aromatic carbocycles. The predicted octanol–water partition coefficient (Wildman–Crippen LogP) is 4.52. The highest BCUT2D eigenvalue weighted by atomic mass is 79.9. The van der Waals surface area contributed by atoms with Gasteiger partial charge in [0.15, 0.2) is 0 Å². The molecule has 0 atom stereocenters. The van der Waals surface area contributed by atoms with Gasteiger partial charge in [0.1, 0.15) is 0 Å². The Kier molecular flexibility index (Phi) is 3.73. The zero-order valence-electron chi connectivity index (χ0n) is 10.5. The molecular weight excluding hydrogens is 400 g/mol. The van der Waals surface area contributed by atoms with Crippen molar-refractivity contribution in [3.63, 3.8) is 0 Å². The number of carboxylic acid groups (broad SMARTS) is 1. The number of carboxylic acids is 1. The third kappa shape index (κ3) is 2.69. The lowest BCUT2D eigenvalue weighted by Gasteiger charge is -2.09. The van der Waals surface area contributed by atoms with Gasteiger partial charge in [-0.15, -0.1) is 0 Å². The first-order valence-electron chi connectivity index (χ1n) is 6.00. The zero-order chi connectivity index (χ0) is 15.0. The van der Waals surface area contributed by atoms with E-state index in [9.17, 15) is 9.90 Å². The second kappa shape index (κ2) is 5.54. The Morgan fingerprint density at radius 1 is 1.10 bits per heavy atom. The van der Waals surface area contributed by atoms with E-state index in [0.29, 0.717) is 16.6 Å². The number of pyridine rings is 2. The molecule has 0 aliphatic carbocycles. The summed E-state index contributed by atoms with van der Waals surface area (Å²) < 4.78 is 1.54. The van der Waals surface area contributed by atoms with Crippen LogP contribution in [0.2, 0.25) is 0 Å². The molecule has 0 aliphatic rings. The number of halogens is 2. The number of aromatic carboxylic acids is 1. The summed E-state index contributed by atoms with van der Waals surface area (Å²) in [6.07, 6.45) is 3.30. The van der Waals surface area contributed by atoms with Crippen molar-refractivity contribution in [1.29, 1.82) is 0 Å². The number of hydrogen-bond donors (Lipinski definition) is 1. The molecule has 0 amide bonds. The van der Waals surface area contributed by atoms with Crippen LogP contribution in [0.5, 0.6) is 0 Å². The Balaban J connectivity index is 2.38. The van der Waals surface area contributed by atoms with Crippen LogP contribution >= 0.6 is 31.9 Å². The van der Waals surface area contributed by atoms with E-state index in [0.717, 1.165) is 14.5 Å². The fourth-order valence-corrected chi connectivity index (χ4v) is 3.41. The molecule has 0 aliphatic heterocycles. The fraction of sp³-hybridized carbons (Fsp3) is 0. The highest BCUT2D eigenvalue weighted by molar-refractivity contribution is 9.11. The summed E-state index contributed by atoms with van der Waals surface area (Å²) in [6.45, 7) is 0. The van der Waals surface area contributed by atoms with Crippen LogP contribution in [-0.2, 0) is 0 Å². The van der Waals surface area contributed by atoms with E-state index in [1.165, 1.54) is 0 Å². The smallest absolute Gasteiger partial charge is 0.336 e. The number of fused-ring (bicyclic) bond motifs is 1. The second-order valence-corrected chi connectivity index (χ2v) is 6.15. The van der Waals surface area contributed by atoms with E-state index in [-0.39, 0.29) is 5.56 Å². The summed E-state index contributed by atoms with van der Waals surface area (Å²) in [5.74, 6) is -0.984. The summed E-state index contributed by atoms with van der Waals surface area (Å²) in [6, 6.07) is 8.78. The Hall–Kier alpha value is -1.79. The first-order chi connectivity index (χ1) is 10.1.